The van der Waals surface area contributed by atoms with Crippen LogP contribution >= 0.6 is 0 Å². The topological polar surface area (TPSA) is 96.0 Å². The van der Waals surface area contributed by atoms with Gasteiger partial charge in [-0.15, -0.1) is 0 Å². The lowest BCUT2D eigenvalue weighted by atomic mass is 10.1. The zero-order valence-corrected chi connectivity index (χ0v) is 18.0. The first-order valence-electron chi connectivity index (χ1n) is 10.6. The van der Waals surface area contributed by atoms with Crippen molar-refractivity contribution in [2.45, 2.75) is 20.0 Å². The molecule has 0 radical (unpaired) electrons. The summed E-state index contributed by atoms with van der Waals surface area (Å²) in [5, 5.41) is 4.57. The van der Waals surface area contributed by atoms with Crippen molar-refractivity contribution in [1.82, 2.24) is 19.9 Å². The minimum atomic E-state index is -0.201. The normalized spacial score (nSPS) is 16.3. The summed E-state index contributed by atoms with van der Waals surface area (Å²) >= 11 is 0. The van der Waals surface area contributed by atoms with Gasteiger partial charge in [0.05, 0.1) is 41.4 Å². The van der Waals surface area contributed by atoms with E-state index in [1.165, 1.54) is 0 Å². The van der Waals surface area contributed by atoms with E-state index in [1.807, 2.05) is 49.4 Å². The predicted octanol–water partition coefficient (Wildman–Crippen LogP) is 3.66. The Morgan fingerprint density at radius 3 is 2.84 bits per heavy atom. The molecule has 0 saturated carbocycles. The molecule has 0 bridgehead atoms. The monoisotopic (exact) mass is 428 g/mol. The summed E-state index contributed by atoms with van der Waals surface area (Å²) in [5.74, 6) is 1.37. The third-order valence-electron chi connectivity index (χ3n) is 5.48. The van der Waals surface area contributed by atoms with Crippen LogP contribution in [0.4, 0.5) is 17.3 Å². The molecular weight excluding hydrogens is 404 g/mol. The van der Waals surface area contributed by atoms with Crippen molar-refractivity contribution >= 4 is 28.1 Å². The van der Waals surface area contributed by atoms with Crippen LogP contribution < -0.4 is 15.8 Å². The number of aryl methyl sites for hydroxylation is 1. The summed E-state index contributed by atoms with van der Waals surface area (Å²) in [6, 6.07) is 13.5. The van der Waals surface area contributed by atoms with E-state index in [1.54, 1.807) is 12.4 Å². The maximum absolute atomic E-state index is 12.6. The van der Waals surface area contributed by atoms with Crippen LogP contribution in [0.25, 0.3) is 22.2 Å². The molecule has 8 nitrogen and oxygen atoms in total. The Morgan fingerprint density at radius 1 is 1.16 bits per heavy atom. The Bertz CT molecular complexity index is 1320. The molecule has 8 heteroatoms. The Morgan fingerprint density at radius 2 is 2.06 bits per heavy atom. The molecule has 4 aromatic heterocycles. The van der Waals surface area contributed by atoms with Crippen LogP contribution in [0.5, 0.6) is 0 Å². The van der Waals surface area contributed by atoms with Crippen LogP contribution in [0.15, 0.2) is 59.7 Å². The van der Waals surface area contributed by atoms with E-state index in [9.17, 15) is 4.79 Å². The molecular formula is C24H24N6O2. The molecule has 1 atom stereocenters. The van der Waals surface area contributed by atoms with E-state index in [-0.39, 0.29) is 11.7 Å². The number of ether oxygens (including phenoxy) is 1. The minimum absolute atomic E-state index is 0.184. The summed E-state index contributed by atoms with van der Waals surface area (Å²) in [6.45, 7) is 6.33. The van der Waals surface area contributed by atoms with E-state index < -0.39 is 0 Å². The summed E-state index contributed by atoms with van der Waals surface area (Å²) in [4.78, 5) is 31.5. The van der Waals surface area contributed by atoms with Crippen LogP contribution in [-0.2, 0) is 4.74 Å². The van der Waals surface area contributed by atoms with Crippen molar-refractivity contribution in [2.75, 3.05) is 29.9 Å². The van der Waals surface area contributed by atoms with Gasteiger partial charge in [-0.3, -0.25) is 9.78 Å². The van der Waals surface area contributed by atoms with Gasteiger partial charge in [0.15, 0.2) is 0 Å². The number of nitrogens with zero attached hydrogens (tertiary/aromatic N) is 4. The summed E-state index contributed by atoms with van der Waals surface area (Å²) in [5.41, 5.74) is 2.91. The fourth-order valence-electron chi connectivity index (χ4n) is 3.93. The molecule has 0 unspecified atom stereocenters. The molecule has 0 aromatic carbocycles. The minimum Gasteiger partial charge on any atom is -0.375 e. The van der Waals surface area contributed by atoms with Crippen LogP contribution in [0.2, 0.25) is 0 Å². The van der Waals surface area contributed by atoms with Gasteiger partial charge < -0.3 is 19.9 Å². The van der Waals surface area contributed by atoms with Gasteiger partial charge in [0.25, 0.3) is 5.56 Å². The van der Waals surface area contributed by atoms with Crippen LogP contribution in [0.1, 0.15) is 12.6 Å². The second kappa shape index (κ2) is 8.39. The van der Waals surface area contributed by atoms with Gasteiger partial charge in [0, 0.05) is 25.0 Å². The van der Waals surface area contributed by atoms with Gasteiger partial charge in [-0.2, -0.15) is 0 Å². The highest BCUT2D eigenvalue weighted by molar-refractivity contribution is 5.94. The fourth-order valence-corrected chi connectivity index (χ4v) is 3.93. The van der Waals surface area contributed by atoms with E-state index in [0.717, 1.165) is 41.4 Å². The first-order chi connectivity index (χ1) is 15.6. The molecule has 32 heavy (non-hydrogen) atoms. The number of fused-ring (bicyclic) bond motifs is 1. The third kappa shape index (κ3) is 4.04. The maximum atomic E-state index is 12.6. The number of H-pyrrole nitrogens is 1. The Kier molecular flexibility index (Phi) is 5.28. The largest absolute Gasteiger partial charge is 0.375 e. The van der Waals surface area contributed by atoms with Crippen LogP contribution in [0, 0.1) is 6.92 Å². The van der Waals surface area contributed by atoms with E-state index >= 15 is 0 Å². The molecule has 1 fully saturated rings. The van der Waals surface area contributed by atoms with Gasteiger partial charge >= 0.3 is 0 Å². The number of pyridine rings is 4. The molecule has 1 aliphatic heterocycles. The standard InChI is InChI=1S/C24H24N6O2/c1-15-4-3-5-19(27-15)20-12-17-8-9-25-24(31)22(17)23(29-20)28-18-6-7-21(26-13-18)30-10-11-32-16(2)14-30/h3-9,12-13,16H,10-11,14H2,1-2H3,(H,25,31)(H,28,29)/t16-/m1/s1. The number of nitrogens with one attached hydrogen (secondary N) is 2. The van der Waals surface area contributed by atoms with E-state index in [4.69, 9.17) is 9.72 Å². The molecule has 0 spiro atoms. The lowest BCUT2D eigenvalue weighted by molar-refractivity contribution is 0.0529. The molecule has 162 valence electrons. The maximum Gasteiger partial charge on any atom is 0.259 e. The van der Waals surface area contributed by atoms with Gasteiger partial charge in [0.2, 0.25) is 0 Å². The average Bonchev–Trinajstić information content (AvgIpc) is 2.79. The number of anilines is 3. The molecule has 0 amide bonds. The van der Waals surface area contributed by atoms with Crippen molar-refractivity contribution in [3.05, 3.63) is 70.9 Å². The molecule has 5 rings (SSSR count). The summed E-state index contributed by atoms with van der Waals surface area (Å²) in [6.07, 6.45) is 3.59. The number of aromatic nitrogens is 4. The van der Waals surface area contributed by atoms with Gasteiger partial charge in [-0.1, -0.05) is 6.07 Å². The number of hydrogen-bond acceptors (Lipinski definition) is 7. The molecule has 5 heterocycles. The number of aromatic amines is 1. The number of morpholine rings is 1. The second-order valence-electron chi connectivity index (χ2n) is 7.95. The SMILES string of the molecule is Cc1cccc(-c2cc3cc[nH]c(=O)c3c(Nc3ccc(N4CCO[C@H](C)C4)nc3)n2)n1. The Hall–Kier alpha value is -3.78. The summed E-state index contributed by atoms with van der Waals surface area (Å²) in [7, 11) is 0. The highest BCUT2D eigenvalue weighted by Gasteiger charge is 2.18. The zero-order valence-electron chi connectivity index (χ0n) is 18.0. The zero-order chi connectivity index (χ0) is 22.1. The summed E-state index contributed by atoms with van der Waals surface area (Å²) < 4.78 is 5.61. The second-order valence-corrected chi connectivity index (χ2v) is 7.95. The van der Waals surface area contributed by atoms with Crippen molar-refractivity contribution in [2.24, 2.45) is 0 Å². The Balaban J connectivity index is 1.51. The average molecular weight is 428 g/mol. The quantitative estimate of drug-likeness (QED) is 0.512. The van der Waals surface area contributed by atoms with Gasteiger partial charge in [-0.25, -0.2) is 9.97 Å². The predicted molar refractivity (Wildman–Crippen MR) is 125 cm³/mol. The first kappa shape index (κ1) is 20.1. The van der Waals surface area contributed by atoms with E-state index in [2.05, 4.69) is 32.1 Å². The molecule has 1 saturated heterocycles. The van der Waals surface area contributed by atoms with Crippen molar-refractivity contribution < 1.29 is 4.74 Å². The van der Waals surface area contributed by atoms with Crippen LogP contribution in [-0.4, -0.2) is 45.7 Å². The van der Waals surface area contributed by atoms with Gasteiger partial charge in [-0.05, 0) is 55.6 Å². The third-order valence-corrected chi connectivity index (χ3v) is 5.48. The highest BCUT2D eigenvalue weighted by Crippen LogP contribution is 2.27. The number of hydrogen-bond donors (Lipinski definition) is 2. The van der Waals surface area contributed by atoms with Gasteiger partial charge in [0.1, 0.15) is 11.6 Å². The fraction of sp³-hybridized carbons (Fsp3) is 0.250. The molecule has 1 aliphatic rings. The van der Waals surface area contributed by atoms with E-state index in [0.29, 0.717) is 23.5 Å². The first-order valence-corrected chi connectivity index (χ1v) is 10.6. The lowest BCUT2D eigenvalue weighted by Crippen LogP contribution is -2.41. The lowest BCUT2D eigenvalue weighted by Gasteiger charge is -2.32. The molecule has 4 aromatic rings. The molecule has 2 N–H and O–H groups in total. The highest BCUT2D eigenvalue weighted by atomic mass is 16.5. The molecule has 0 aliphatic carbocycles. The van der Waals surface area contributed by atoms with Crippen LogP contribution in [0.3, 0.4) is 0 Å². The number of rotatable bonds is 4. The van der Waals surface area contributed by atoms with Crippen molar-refractivity contribution in [1.29, 1.82) is 0 Å². The smallest absolute Gasteiger partial charge is 0.259 e. The Labute approximate surface area is 185 Å². The van der Waals surface area contributed by atoms with Crippen molar-refractivity contribution in [3.63, 3.8) is 0 Å². The van der Waals surface area contributed by atoms with Crippen molar-refractivity contribution in [3.8, 4) is 11.4 Å².